The summed E-state index contributed by atoms with van der Waals surface area (Å²) in [6.07, 6.45) is 3.89. The number of carbonyl (C=O) groups is 1. The molecule has 5 nitrogen and oxygen atoms in total. The SMILES string of the molecule is COC(=O)c1ccnc(NCC2CCCOC2)c1. The highest BCUT2D eigenvalue weighted by molar-refractivity contribution is 5.89. The van der Waals surface area contributed by atoms with Crippen molar-refractivity contribution in [2.24, 2.45) is 5.92 Å². The molecular formula is C13H18N2O3. The Bertz CT molecular complexity index is 403. The number of pyridine rings is 1. The van der Waals surface area contributed by atoms with Gasteiger partial charge in [0.25, 0.3) is 0 Å². The number of ether oxygens (including phenoxy) is 2. The van der Waals surface area contributed by atoms with Gasteiger partial charge >= 0.3 is 5.97 Å². The normalized spacial score (nSPS) is 19.3. The summed E-state index contributed by atoms with van der Waals surface area (Å²) >= 11 is 0. The maximum atomic E-state index is 11.4. The summed E-state index contributed by atoms with van der Waals surface area (Å²) in [7, 11) is 1.37. The molecule has 1 saturated heterocycles. The lowest BCUT2D eigenvalue weighted by molar-refractivity contribution is 0.0592. The van der Waals surface area contributed by atoms with Crippen molar-refractivity contribution < 1.29 is 14.3 Å². The number of anilines is 1. The number of nitrogens with zero attached hydrogens (tertiary/aromatic N) is 1. The minimum atomic E-state index is -0.346. The van der Waals surface area contributed by atoms with E-state index >= 15 is 0 Å². The van der Waals surface area contributed by atoms with Gasteiger partial charge in [0.05, 0.1) is 19.3 Å². The van der Waals surface area contributed by atoms with E-state index in [-0.39, 0.29) is 5.97 Å². The van der Waals surface area contributed by atoms with Crippen molar-refractivity contribution in [2.45, 2.75) is 12.8 Å². The van der Waals surface area contributed by atoms with E-state index in [9.17, 15) is 4.79 Å². The molecule has 1 aromatic heterocycles. The average molecular weight is 250 g/mol. The van der Waals surface area contributed by atoms with Crippen molar-refractivity contribution in [1.82, 2.24) is 4.98 Å². The molecule has 1 fully saturated rings. The monoisotopic (exact) mass is 250 g/mol. The molecule has 1 unspecified atom stereocenters. The van der Waals surface area contributed by atoms with Crippen LogP contribution in [0.3, 0.4) is 0 Å². The summed E-state index contributed by atoms with van der Waals surface area (Å²) < 4.78 is 10.1. The molecule has 0 aromatic carbocycles. The average Bonchev–Trinajstić information content (AvgIpc) is 2.45. The molecule has 0 spiro atoms. The molecule has 1 aliphatic rings. The fourth-order valence-electron chi connectivity index (χ4n) is 1.99. The molecule has 1 N–H and O–H groups in total. The second kappa shape index (κ2) is 6.35. The number of hydrogen-bond acceptors (Lipinski definition) is 5. The molecule has 5 heteroatoms. The van der Waals surface area contributed by atoms with Gasteiger partial charge in [0, 0.05) is 19.3 Å². The fourth-order valence-corrected chi connectivity index (χ4v) is 1.99. The Balaban J connectivity index is 1.90. The number of esters is 1. The van der Waals surface area contributed by atoms with Crippen LogP contribution in [0.2, 0.25) is 0 Å². The Kier molecular flexibility index (Phi) is 4.52. The van der Waals surface area contributed by atoms with Gasteiger partial charge in [0.2, 0.25) is 0 Å². The van der Waals surface area contributed by atoms with Crippen LogP contribution in [-0.4, -0.2) is 37.8 Å². The van der Waals surface area contributed by atoms with E-state index in [1.165, 1.54) is 13.5 Å². The van der Waals surface area contributed by atoms with E-state index in [4.69, 9.17) is 4.74 Å². The third-order valence-corrected chi connectivity index (χ3v) is 3.01. The molecular weight excluding hydrogens is 232 g/mol. The van der Waals surface area contributed by atoms with Gasteiger partial charge in [-0.1, -0.05) is 0 Å². The van der Waals surface area contributed by atoms with Gasteiger partial charge in [-0.3, -0.25) is 0 Å². The van der Waals surface area contributed by atoms with Crippen molar-refractivity contribution in [2.75, 3.05) is 32.2 Å². The summed E-state index contributed by atoms with van der Waals surface area (Å²) in [6, 6.07) is 3.34. The van der Waals surface area contributed by atoms with Crippen molar-refractivity contribution >= 4 is 11.8 Å². The molecule has 2 heterocycles. The summed E-state index contributed by atoms with van der Waals surface area (Å²) in [5, 5.41) is 3.23. The van der Waals surface area contributed by atoms with Gasteiger partial charge in [-0.15, -0.1) is 0 Å². The van der Waals surface area contributed by atoms with Gasteiger partial charge in [-0.05, 0) is 30.9 Å². The Labute approximate surface area is 107 Å². The number of carbonyl (C=O) groups excluding carboxylic acids is 1. The van der Waals surface area contributed by atoms with E-state index < -0.39 is 0 Å². The minimum Gasteiger partial charge on any atom is -0.465 e. The molecule has 0 bridgehead atoms. The predicted molar refractivity (Wildman–Crippen MR) is 67.6 cm³/mol. The highest BCUT2D eigenvalue weighted by Gasteiger charge is 2.14. The predicted octanol–water partition coefficient (Wildman–Crippen LogP) is 1.71. The highest BCUT2D eigenvalue weighted by Crippen LogP contribution is 2.15. The Morgan fingerprint density at radius 3 is 3.28 bits per heavy atom. The second-order valence-corrected chi connectivity index (χ2v) is 4.39. The lowest BCUT2D eigenvalue weighted by atomic mass is 10.0. The number of nitrogens with one attached hydrogen (secondary N) is 1. The quantitative estimate of drug-likeness (QED) is 0.824. The summed E-state index contributed by atoms with van der Waals surface area (Å²) in [4.78, 5) is 15.6. The molecule has 1 aromatic rings. The van der Waals surface area contributed by atoms with Crippen LogP contribution in [0.25, 0.3) is 0 Å². The lowest BCUT2D eigenvalue weighted by Crippen LogP contribution is -2.24. The molecule has 1 atom stereocenters. The third kappa shape index (κ3) is 3.43. The van der Waals surface area contributed by atoms with Crippen molar-refractivity contribution in [3.05, 3.63) is 23.9 Å². The van der Waals surface area contributed by atoms with E-state index in [0.29, 0.717) is 17.3 Å². The minimum absolute atomic E-state index is 0.346. The molecule has 2 rings (SSSR count). The van der Waals surface area contributed by atoms with Crippen molar-refractivity contribution in [3.63, 3.8) is 0 Å². The smallest absolute Gasteiger partial charge is 0.338 e. The van der Waals surface area contributed by atoms with E-state index in [1.807, 2.05) is 0 Å². The zero-order chi connectivity index (χ0) is 12.8. The molecule has 1 aliphatic heterocycles. The van der Waals surface area contributed by atoms with Crippen LogP contribution >= 0.6 is 0 Å². The fraction of sp³-hybridized carbons (Fsp3) is 0.538. The van der Waals surface area contributed by atoms with Crippen molar-refractivity contribution in [3.8, 4) is 0 Å². The van der Waals surface area contributed by atoms with Crippen molar-refractivity contribution in [1.29, 1.82) is 0 Å². The largest absolute Gasteiger partial charge is 0.465 e. The first-order chi connectivity index (χ1) is 8.79. The lowest BCUT2D eigenvalue weighted by Gasteiger charge is -2.22. The number of hydrogen-bond donors (Lipinski definition) is 1. The van der Waals surface area contributed by atoms with Crippen LogP contribution in [0.15, 0.2) is 18.3 Å². The maximum absolute atomic E-state index is 11.4. The van der Waals surface area contributed by atoms with Crippen LogP contribution in [0.1, 0.15) is 23.2 Å². The standard InChI is InChI=1S/C13H18N2O3/c1-17-13(16)11-4-5-14-12(7-11)15-8-10-3-2-6-18-9-10/h4-5,7,10H,2-3,6,8-9H2,1H3,(H,14,15). The first kappa shape index (κ1) is 12.8. The van der Waals surface area contributed by atoms with Gasteiger partial charge in [0.15, 0.2) is 0 Å². The highest BCUT2D eigenvalue weighted by atomic mass is 16.5. The molecule has 0 amide bonds. The Hall–Kier alpha value is -1.62. The van der Waals surface area contributed by atoms with Gasteiger partial charge in [-0.25, -0.2) is 9.78 Å². The van der Waals surface area contributed by atoms with Gasteiger partial charge < -0.3 is 14.8 Å². The Morgan fingerprint density at radius 2 is 2.56 bits per heavy atom. The molecule has 0 radical (unpaired) electrons. The van der Waals surface area contributed by atoms with Gasteiger partial charge in [0.1, 0.15) is 5.82 Å². The zero-order valence-electron chi connectivity index (χ0n) is 10.5. The topological polar surface area (TPSA) is 60.5 Å². The summed E-state index contributed by atoms with van der Waals surface area (Å²) in [5.41, 5.74) is 0.509. The van der Waals surface area contributed by atoms with Gasteiger partial charge in [-0.2, -0.15) is 0 Å². The van der Waals surface area contributed by atoms with E-state index in [2.05, 4.69) is 15.0 Å². The number of methoxy groups -OCH3 is 1. The summed E-state index contributed by atoms with van der Waals surface area (Å²) in [5.74, 6) is 0.868. The zero-order valence-corrected chi connectivity index (χ0v) is 10.5. The van der Waals surface area contributed by atoms with E-state index in [1.54, 1.807) is 18.3 Å². The molecule has 18 heavy (non-hydrogen) atoms. The molecule has 0 aliphatic carbocycles. The van der Waals surface area contributed by atoms with Crippen LogP contribution in [0, 0.1) is 5.92 Å². The second-order valence-electron chi connectivity index (χ2n) is 4.39. The Morgan fingerprint density at radius 1 is 1.67 bits per heavy atom. The maximum Gasteiger partial charge on any atom is 0.338 e. The first-order valence-electron chi connectivity index (χ1n) is 6.15. The van der Waals surface area contributed by atoms with Crippen LogP contribution in [0.5, 0.6) is 0 Å². The number of rotatable bonds is 4. The molecule has 0 saturated carbocycles. The van der Waals surface area contributed by atoms with Crippen LogP contribution < -0.4 is 5.32 Å². The van der Waals surface area contributed by atoms with Crippen LogP contribution in [-0.2, 0) is 9.47 Å². The third-order valence-electron chi connectivity index (χ3n) is 3.01. The molecule has 98 valence electrons. The first-order valence-corrected chi connectivity index (χ1v) is 6.15. The number of aromatic nitrogens is 1. The van der Waals surface area contributed by atoms with Crippen LogP contribution in [0.4, 0.5) is 5.82 Å². The van der Waals surface area contributed by atoms with E-state index in [0.717, 1.165) is 26.2 Å². The summed E-state index contributed by atoms with van der Waals surface area (Å²) in [6.45, 7) is 2.48.